The highest BCUT2D eigenvalue weighted by Crippen LogP contribution is 2.34. The number of aromatic nitrogens is 2. The van der Waals surface area contributed by atoms with Crippen molar-refractivity contribution in [3.63, 3.8) is 0 Å². The molecule has 24 heavy (non-hydrogen) atoms. The highest BCUT2D eigenvalue weighted by atomic mass is 32.2. The highest BCUT2D eigenvalue weighted by Gasteiger charge is 2.36. The second-order valence-electron chi connectivity index (χ2n) is 5.70. The zero-order valence-electron chi connectivity index (χ0n) is 13.2. The first-order chi connectivity index (χ1) is 11.1. The molecule has 0 fully saturated rings. The topological polar surface area (TPSA) is 59.9 Å². The largest absolute Gasteiger partial charge is 0.395 e. The second kappa shape index (κ2) is 6.88. The van der Waals surface area contributed by atoms with Crippen molar-refractivity contribution < 1.29 is 21.6 Å². The number of benzene rings is 1. The number of nitrogens with zero attached hydrogens (tertiary/aromatic N) is 2. The summed E-state index contributed by atoms with van der Waals surface area (Å²) in [5, 5.41) is 7.62. The normalized spacial score (nSPS) is 13.7. The van der Waals surface area contributed by atoms with Crippen LogP contribution in [0.3, 0.4) is 0 Å². The monoisotopic (exact) mass is 358 g/mol. The maximum atomic E-state index is 12.7. The number of aryl methyl sites for hydroxylation is 1. The van der Waals surface area contributed by atoms with Crippen LogP contribution < -0.4 is 0 Å². The van der Waals surface area contributed by atoms with Gasteiger partial charge in [0.25, 0.3) is 0 Å². The fourth-order valence-corrected chi connectivity index (χ4v) is 3.53. The summed E-state index contributed by atoms with van der Waals surface area (Å²) in [6, 6.07) is 8.72. The molecule has 1 aromatic heterocycles. The molecule has 0 aliphatic heterocycles. The Kier molecular flexibility index (Phi) is 5.27. The van der Waals surface area contributed by atoms with E-state index in [9.17, 15) is 21.6 Å². The number of halogens is 3. The molecule has 0 spiro atoms. The first kappa shape index (κ1) is 18.4. The van der Waals surface area contributed by atoms with Gasteiger partial charge in [0, 0.05) is 0 Å². The highest BCUT2D eigenvalue weighted by molar-refractivity contribution is 7.89. The van der Waals surface area contributed by atoms with Crippen molar-refractivity contribution in [1.82, 2.24) is 10.2 Å². The lowest BCUT2D eigenvalue weighted by Crippen LogP contribution is -2.17. The SMILES string of the molecule is Cc1ccc(CS(=O)(=O)Cc2ccc(C(C)C(F)(F)F)cc2)nn1. The lowest BCUT2D eigenvalue weighted by Gasteiger charge is -2.16. The van der Waals surface area contributed by atoms with Gasteiger partial charge in [0.05, 0.1) is 28.8 Å². The van der Waals surface area contributed by atoms with E-state index in [2.05, 4.69) is 10.2 Å². The lowest BCUT2D eigenvalue weighted by atomic mass is 10.00. The molecule has 0 saturated heterocycles. The van der Waals surface area contributed by atoms with Crippen LogP contribution in [0.25, 0.3) is 0 Å². The zero-order valence-corrected chi connectivity index (χ0v) is 14.0. The summed E-state index contributed by atoms with van der Waals surface area (Å²) in [4.78, 5) is 0. The summed E-state index contributed by atoms with van der Waals surface area (Å²) in [6.07, 6.45) is -4.32. The molecule has 0 bridgehead atoms. The number of hydrogen-bond donors (Lipinski definition) is 0. The van der Waals surface area contributed by atoms with E-state index in [0.717, 1.165) is 6.92 Å². The van der Waals surface area contributed by atoms with Crippen LogP contribution in [0.5, 0.6) is 0 Å². The van der Waals surface area contributed by atoms with E-state index < -0.39 is 21.9 Å². The molecule has 8 heteroatoms. The van der Waals surface area contributed by atoms with Gasteiger partial charge in [-0.05, 0) is 37.1 Å². The first-order valence-corrected chi connectivity index (χ1v) is 9.04. The molecule has 0 aliphatic rings. The Morgan fingerprint density at radius 1 is 1.00 bits per heavy atom. The maximum absolute atomic E-state index is 12.7. The molecule has 1 atom stereocenters. The van der Waals surface area contributed by atoms with Gasteiger partial charge >= 0.3 is 6.18 Å². The number of alkyl halides is 3. The van der Waals surface area contributed by atoms with Gasteiger partial charge in [0.1, 0.15) is 0 Å². The fraction of sp³-hybridized carbons (Fsp3) is 0.375. The molecule has 2 rings (SSSR count). The Bertz CT molecular complexity index is 786. The van der Waals surface area contributed by atoms with Crippen molar-refractivity contribution in [2.75, 3.05) is 0 Å². The van der Waals surface area contributed by atoms with E-state index in [4.69, 9.17) is 0 Å². The lowest BCUT2D eigenvalue weighted by molar-refractivity contribution is -0.146. The van der Waals surface area contributed by atoms with E-state index >= 15 is 0 Å². The summed E-state index contributed by atoms with van der Waals surface area (Å²) in [6.45, 7) is 2.82. The third-order valence-corrected chi connectivity index (χ3v) is 5.09. The smallest absolute Gasteiger partial charge is 0.228 e. The Morgan fingerprint density at radius 3 is 2.12 bits per heavy atom. The van der Waals surface area contributed by atoms with Gasteiger partial charge in [-0.25, -0.2) is 8.42 Å². The zero-order chi connectivity index (χ0) is 18.0. The minimum atomic E-state index is -4.32. The summed E-state index contributed by atoms with van der Waals surface area (Å²) in [5.41, 5.74) is 1.56. The summed E-state index contributed by atoms with van der Waals surface area (Å²) < 4.78 is 62.4. The summed E-state index contributed by atoms with van der Waals surface area (Å²) >= 11 is 0. The molecule has 1 aromatic carbocycles. The van der Waals surface area contributed by atoms with Crippen LogP contribution in [-0.4, -0.2) is 24.8 Å². The summed E-state index contributed by atoms with van der Waals surface area (Å²) in [7, 11) is -3.49. The second-order valence-corrected chi connectivity index (χ2v) is 7.77. The Balaban J connectivity index is 2.08. The standard InChI is InChI=1S/C16H17F3N2O2S/c1-11-3-8-15(21-20-11)10-24(22,23)9-13-4-6-14(7-5-13)12(2)16(17,18)19/h3-8,12H,9-10H2,1-2H3. The van der Waals surface area contributed by atoms with Crippen LogP contribution in [0.4, 0.5) is 13.2 Å². The van der Waals surface area contributed by atoms with Crippen molar-refractivity contribution >= 4 is 9.84 Å². The predicted octanol–water partition coefficient (Wildman–Crippen LogP) is 3.57. The third kappa shape index (κ3) is 5.02. The number of hydrogen-bond acceptors (Lipinski definition) is 4. The minimum absolute atomic E-state index is 0.105. The fourth-order valence-electron chi connectivity index (χ4n) is 2.13. The van der Waals surface area contributed by atoms with E-state index in [0.29, 0.717) is 17.0 Å². The van der Waals surface area contributed by atoms with Crippen molar-refractivity contribution in [2.24, 2.45) is 0 Å². The quantitative estimate of drug-likeness (QED) is 0.820. The minimum Gasteiger partial charge on any atom is -0.228 e. The van der Waals surface area contributed by atoms with Crippen LogP contribution in [0.15, 0.2) is 36.4 Å². The average molecular weight is 358 g/mol. The van der Waals surface area contributed by atoms with Gasteiger partial charge in [0.2, 0.25) is 0 Å². The van der Waals surface area contributed by atoms with Gasteiger partial charge in [-0.15, -0.1) is 0 Å². The Hall–Kier alpha value is -1.96. The van der Waals surface area contributed by atoms with E-state index in [1.165, 1.54) is 24.3 Å². The number of rotatable bonds is 5. The van der Waals surface area contributed by atoms with Crippen LogP contribution in [-0.2, 0) is 21.3 Å². The molecule has 4 nitrogen and oxygen atoms in total. The predicted molar refractivity (Wildman–Crippen MR) is 84.0 cm³/mol. The van der Waals surface area contributed by atoms with Crippen molar-refractivity contribution in [3.05, 3.63) is 58.9 Å². The maximum Gasteiger partial charge on any atom is 0.395 e. The molecular formula is C16H17F3N2O2S. The van der Waals surface area contributed by atoms with Gasteiger partial charge in [-0.2, -0.15) is 23.4 Å². The molecule has 1 heterocycles. The molecule has 2 aromatic rings. The van der Waals surface area contributed by atoms with Crippen LogP contribution in [0.2, 0.25) is 0 Å². The van der Waals surface area contributed by atoms with Gasteiger partial charge in [-0.1, -0.05) is 24.3 Å². The first-order valence-electron chi connectivity index (χ1n) is 7.22. The van der Waals surface area contributed by atoms with Gasteiger partial charge < -0.3 is 0 Å². The van der Waals surface area contributed by atoms with Crippen LogP contribution in [0, 0.1) is 6.92 Å². The van der Waals surface area contributed by atoms with E-state index in [-0.39, 0.29) is 17.1 Å². The molecule has 0 radical (unpaired) electrons. The van der Waals surface area contributed by atoms with Crippen LogP contribution >= 0.6 is 0 Å². The number of sulfone groups is 1. The molecule has 0 amide bonds. The molecule has 130 valence electrons. The summed E-state index contributed by atoms with van der Waals surface area (Å²) in [5.74, 6) is -2.12. The molecule has 1 unspecified atom stereocenters. The average Bonchev–Trinajstić information content (AvgIpc) is 2.48. The molecule has 0 aliphatic carbocycles. The van der Waals surface area contributed by atoms with Crippen LogP contribution in [0.1, 0.15) is 35.4 Å². The van der Waals surface area contributed by atoms with Crippen molar-refractivity contribution in [2.45, 2.75) is 37.4 Å². The van der Waals surface area contributed by atoms with Gasteiger partial charge in [0.15, 0.2) is 9.84 Å². The van der Waals surface area contributed by atoms with E-state index in [1.807, 2.05) is 0 Å². The molecular weight excluding hydrogens is 341 g/mol. The third-order valence-electron chi connectivity index (χ3n) is 3.58. The van der Waals surface area contributed by atoms with Crippen molar-refractivity contribution in [1.29, 1.82) is 0 Å². The Morgan fingerprint density at radius 2 is 1.62 bits per heavy atom. The Labute approximate surface area is 138 Å². The molecule has 0 saturated carbocycles. The van der Waals surface area contributed by atoms with Crippen molar-refractivity contribution in [3.8, 4) is 0 Å². The van der Waals surface area contributed by atoms with E-state index in [1.54, 1.807) is 19.1 Å². The van der Waals surface area contributed by atoms with Gasteiger partial charge in [-0.3, -0.25) is 0 Å². The molecule has 0 N–H and O–H groups in total.